The Morgan fingerprint density at radius 3 is 2.82 bits per heavy atom. The summed E-state index contributed by atoms with van der Waals surface area (Å²) in [5.41, 5.74) is 2.13. The Bertz CT molecular complexity index is 440. The molecule has 0 aromatic heterocycles. The van der Waals surface area contributed by atoms with Crippen molar-refractivity contribution in [3.63, 3.8) is 0 Å². The highest BCUT2D eigenvalue weighted by Crippen LogP contribution is 2.54. The molecule has 1 aromatic carbocycles. The molecule has 2 atom stereocenters. The van der Waals surface area contributed by atoms with Gasteiger partial charge in [0.25, 0.3) is 0 Å². The van der Waals surface area contributed by atoms with Crippen LogP contribution < -0.4 is 4.74 Å². The van der Waals surface area contributed by atoms with Crippen LogP contribution in [0.5, 0.6) is 5.75 Å². The summed E-state index contributed by atoms with van der Waals surface area (Å²) < 4.78 is 6.36. The largest absolute Gasteiger partial charge is 0.488 e. The van der Waals surface area contributed by atoms with Crippen molar-refractivity contribution in [1.82, 2.24) is 0 Å². The van der Waals surface area contributed by atoms with Gasteiger partial charge in [0, 0.05) is 12.0 Å². The van der Waals surface area contributed by atoms with Crippen molar-refractivity contribution in [1.29, 1.82) is 0 Å². The average Bonchev–Trinajstić information content (AvgIpc) is 3.11. The minimum Gasteiger partial charge on any atom is -0.488 e. The number of aliphatic hydroxyl groups excluding tert-OH is 1. The van der Waals surface area contributed by atoms with E-state index in [4.69, 9.17) is 4.74 Å². The second-order valence-electron chi connectivity index (χ2n) is 5.17. The molecule has 2 nitrogen and oxygen atoms in total. The molecule has 92 valence electrons. The number of fused-ring (bicyclic) bond motifs is 1. The number of rotatable bonds is 2. The Kier molecular flexibility index (Phi) is 2.64. The molecule has 0 amide bonds. The van der Waals surface area contributed by atoms with Crippen molar-refractivity contribution in [3.8, 4) is 5.75 Å². The molecule has 1 saturated carbocycles. The summed E-state index contributed by atoms with van der Waals surface area (Å²) in [4.78, 5) is 0. The fourth-order valence-corrected chi connectivity index (χ4v) is 3.59. The van der Waals surface area contributed by atoms with Gasteiger partial charge in [-0.1, -0.05) is 11.6 Å². The van der Waals surface area contributed by atoms with Crippen molar-refractivity contribution >= 4 is 11.8 Å². The summed E-state index contributed by atoms with van der Waals surface area (Å²) in [5.74, 6) is 0.875. The van der Waals surface area contributed by atoms with E-state index >= 15 is 0 Å². The standard InChI is InChI=1S/C14H18O2S/c1-9-3-4-12-10(7-9)11(15)8-13(16-12)14(17-2)5-6-14/h3-4,7,11,13,15H,5-6,8H2,1-2H3/t11-,13?/m1/s1. The minimum atomic E-state index is -0.367. The van der Waals surface area contributed by atoms with Gasteiger partial charge in [-0.25, -0.2) is 0 Å². The van der Waals surface area contributed by atoms with Gasteiger partial charge in [0.1, 0.15) is 11.9 Å². The van der Waals surface area contributed by atoms with Crippen molar-refractivity contribution in [2.75, 3.05) is 6.26 Å². The molecular formula is C14H18O2S. The molecule has 3 rings (SSSR count). The molecule has 1 heterocycles. The lowest BCUT2D eigenvalue weighted by atomic mass is 9.95. The van der Waals surface area contributed by atoms with Crippen LogP contribution in [0.25, 0.3) is 0 Å². The van der Waals surface area contributed by atoms with Crippen LogP contribution in [0.3, 0.4) is 0 Å². The lowest BCUT2D eigenvalue weighted by Gasteiger charge is -2.34. The Balaban J connectivity index is 1.91. The van der Waals surface area contributed by atoms with Crippen LogP contribution in [0.1, 0.15) is 36.5 Å². The first-order valence-corrected chi connectivity index (χ1v) is 7.37. The quantitative estimate of drug-likeness (QED) is 0.874. The van der Waals surface area contributed by atoms with E-state index in [2.05, 4.69) is 6.26 Å². The lowest BCUT2D eigenvalue weighted by Crippen LogP contribution is -2.36. The SMILES string of the molecule is CSC1(C2C[C@@H](O)c3cc(C)ccc3O2)CC1. The second-order valence-corrected chi connectivity index (χ2v) is 6.39. The first-order valence-electron chi connectivity index (χ1n) is 6.15. The predicted octanol–water partition coefficient (Wildman–Crippen LogP) is 3.08. The molecule has 0 spiro atoms. The van der Waals surface area contributed by atoms with Gasteiger partial charge in [-0.05, 0) is 38.2 Å². The molecule has 1 aromatic rings. The highest BCUT2D eigenvalue weighted by Gasteiger charge is 2.52. The summed E-state index contributed by atoms with van der Waals surface area (Å²) >= 11 is 1.89. The van der Waals surface area contributed by atoms with Crippen LogP contribution in [0.4, 0.5) is 0 Å². The highest BCUT2D eigenvalue weighted by atomic mass is 32.2. The Morgan fingerprint density at radius 2 is 2.18 bits per heavy atom. The first-order chi connectivity index (χ1) is 8.14. The summed E-state index contributed by atoms with van der Waals surface area (Å²) in [6.45, 7) is 2.05. The third kappa shape index (κ3) is 1.85. The van der Waals surface area contributed by atoms with E-state index in [0.717, 1.165) is 17.7 Å². The third-order valence-electron chi connectivity index (χ3n) is 3.97. The molecule has 0 saturated heterocycles. The van der Waals surface area contributed by atoms with Crippen LogP contribution in [0.15, 0.2) is 18.2 Å². The summed E-state index contributed by atoms with van der Waals surface area (Å²) in [6.07, 6.45) is 5.11. The Labute approximate surface area is 106 Å². The Morgan fingerprint density at radius 1 is 1.41 bits per heavy atom. The van der Waals surface area contributed by atoms with E-state index in [1.165, 1.54) is 18.4 Å². The molecule has 1 aliphatic heterocycles. The third-order valence-corrected chi connectivity index (χ3v) is 5.45. The van der Waals surface area contributed by atoms with Crippen LogP contribution in [-0.2, 0) is 0 Å². The van der Waals surface area contributed by atoms with Crippen LogP contribution in [-0.4, -0.2) is 22.2 Å². The van der Waals surface area contributed by atoms with E-state index in [1.54, 1.807) is 0 Å². The normalized spacial score (nSPS) is 29.4. The van der Waals surface area contributed by atoms with Crippen molar-refractivity contribution in [2.24, 2.45) is 0 Å². The minimum absolute atomic E-state index is 0.169. The van der Waals surface area contributed by atoms with Crippen molar-refractivity contribution in [3.05, 3.63) is 29.3 Å². The maximum absolute atomic E-state index is 10.3. The van der Waals surface area contributed by atoms with E-state index in [-0.39, 0.29) is 17.0 Å². The van der Waals surface area contributed by atoms with Gasteiger partial charge >= 0.3 is 0 Å². The van der Waals surface area contributed by atoms with Gasteiger partial charge in [-0.2, -0.15) is 11.8 Å². The molecule has 0 bridgehead atoms. The van der Waals surface area contributed by atoms with Gasteiger partial charge in [-0.15, -0.1) is 0 Å². The molecule has 3 heteroatoms. The molecule has 1 N–H and O–H groups in total. The van der Waals surface area contributed by atoms with E-state index in [0.29, 0.717) is 0 Å². The van der Waals surface area contributed by atoms with Gasteiger partial charge < -0.3 is 9.84 Å². The fourth-order valence-electron chi connectivity index (χ4n) is 2.67. The number of benzene rings is 1. The number of hydrogen-bond donors (Lipinski definition) is 1. The smallest absolute Gasteiger partial charge is 0.125 e. The summed E-state index contributed by atoms with van der Waals surface area (Å²) in [7, 11) is 0. The van der Waals surface area contributed by atoms with Crippen LogP contribution >= 0.6 is 11.8 Å². The molecule has 2 aliphatic rings. The molecule has 17 heavy (non-hydrogen) atoms. The van der Waals surface area contributed by atoms with Gasteiger partial charge in [0.05, 0.1) is 10.9 Å². The van der Waals surface area contributed by atoms with Crippen molar-refractivity contribution < 1.29 is 9.84 Å². The number of thioether (sulfide) groups is 1. The van der Waals surface area contributed by atoms with E-state index < -0.39 is 0 Å². The van der Waals surface area contributed by atoms with Gasteiger partial charge in [0.15, 0.2) is 0 Å². The zero-order chi connectivity index (χ0) is 12.0. The fraction of sp³-hybridized carbons (Fsp3) is 0.571. The predicted molar refractivity (Wildman–Crippen MR) is 70.7 cm³/mol. The lowest BCUT2D eigenvalue weighted by molar-refractivity contribution is 0.0613. The average molecular weight is 250 g/mol. The molecule has 1 aliphatic carbocycles. The van der Waals surface area contributed by atoms with E-state index in [9.17, 15) is 5.11 Å². The van der Waals surface area contributed by atoms with Crippen LogP contribution in [0, 0.1) is 6.92 Å². The van der Waals surface area contributed by atoms with E-state index in [1.807, 2.05) is 36.9 Å². The second kappa shape index (κ2) is 3.92. The number of hydrogen-bond acceptors (Lipinski definition) is 3. The monoisotopic (exact) mass is 250 g/mol. The van der Waals surface area contributed by atoms with Crippen molar-refractivity contribution in [2.45, 2.75) is 43.1 Å². The molecular weight excluding hydrogens is 232 g/mol. The zero-order valence-corrected chi connectivity index (χ0v) is 11.1. The molecule has 1 fully saturated rings. The maximum Gasteiger partial charge on any atom is 0.125 e. The number of aryl methyl sites for hydroxylation is 1. The topological polar surface area (TPSA) is 29.5 Å². The van der Waals surface area contributed by atoms with Gasteiger partial charge in [-0.3, -0.25) is 0 Å². The molecule has 0 radical (unpaired) electrons. The first kappa shape index (κ1) is 11.4. The molecule has 1 unspecified atom stereocenters. The van der Waals surface area contributed by atoms with Gasteiger partial charge in [0.2, 0.25) is 0 Å². The highest BCUT2D eigenvalue weighted by molar-refractivity contribution is 8.00. The summed E-state index contributed by atoms with van der Waals surface area (Å²) in [6, 6.07) is 6.08. The summed E-state index contributed by atoms with van der Waals surface area (Å²) in [5, 5.41) is 10.3. The zero-order valence-electron chi connectivity index (χ0n) is 10.3. The Hall–Kier alpha value is -0.670. The number of ether oxygens (including phenoxy) is 1. The maximum atomic E-state index is 10.3. The van der Waals surface area contributed by atoms with Crippen LogP contribution in [0.2, 0.25) is 0 Å². The number of aliphatic hydroxyl groups is 1.